The maximum Gasteiger partial charge on any atom is 0.154 e. The van der Waals surface area contributed by atoms with Gasteiger partial charge in [-0.3, -0.25) is 0 Å². The van der Waals surface area contributed by atoms with Gasteiger partial charge in [-0.2, -0.15) is 0 Å². The minimum absolute atomic E-state index is 0.233. The zero-order valence-electron chi connectivity index (χ0n) is 12.9. The van der Waals surface area contributed by atoms with Crippen LogP contribution < -0.4 is 5.32 Å². The molecule has 120 valence electrons. The Morgan fingerprint density at radius 1 is 1.29 bits per heavy atom. The average Bonchev–Trinajstić information content (AvgIpc) is 2.36. The van der Waals surface area contributed by atoms with Crippen molar-refractivity contribution in [3.63, 3.8) is 0 Å². The maximum atomic E-state index is 12.1. The van der Waals surface area contributed by atoms with Gasteiger partial charge in [0.05, 0.1) is 4.75 Å². The molecule has 0 aliphatic heterocycles. The Hall–Kier alpha value is -0.290. The van der Waals surface area contributed by atoms with Crippen LogP contribution in [0.25, 0.3) is 0 Å². The summed E-state index contributed by atoms with van der Waals surface area (Å²) in [7, 11) is -3.21. The Labute approximate surface area is 137 Å². The van der Waals surface area contributed by atoms with Crippen LogP contribution in [-0.4, -0.2) is 32.0 Å². The first-order valence-corrected chi connectivity index (χ1v) is 9.61. The fourth-order valence-electron chi connectivity index (χ4n) is 2.06. The van der Waals surface area contributed by atoms with Gasteiger partial charge >= 0.3 is 0 Å². The molecule has 1 aromatic rings. The third kappa shape index (κ3) is 4.85. The molecule has 0 aromatic heterocycles. The summed E-state index contributed by atoms with van der Waals surface area (Å²) < 4.78 is 23.3. The molecular weight excluding hydrogens is 329 g/mol. The highest BCUT2D eigenvalue weighted by Gasteiger charge is 2.38. The van der Waals surface area contributed by atoms with Gasteiger partial charge in [0.2, 0.25) is 0 Å². The van der Waals surface area contributed by atoms with E-state index in [1.807, 2.05) is 6.92 Å². The quantitative estimate of drug-likeness (QED) is 0.813. The van der Waals surface area contributed by atoms with Gasteiger partial charge in [0.25, 0.3) is 0 Å². The molecule has 0 saturated carbocycles. The lowest BCUT2D eigenvalue weighted by atomic mass is 9.95. The minimum Gasteiger partial charge on any atom is -0.312 e. The number of benzene rings is 1. The van der Waals surface area contributed by atoms with Crippen molar-refractivity contribution in [2.24, 2.45) is 0 Å². The topological polar surface area (TPSA) is 46.2 Å². The number of sulfone groups is 1. The number of halogens is 2. The van der Waals surface area contributed by atoms with Crippen molar-refractivity contribution in [2.75, 3.05) is 12.8 Å². The van der Waals surface area contributed by atoms with E-state index in [0.717, 1.165) is 18.5 Å². The van der Waals surface area contributed by atoms with E-state index in [1.165, 1.54) is 6.26 Å². The molecule has 1 rings (SSSR count). The van der Waals surface area contributed by atoms with E-state index in [2.05, 4.69) is 5.32 Å². The molecule has 0 amide bonds. The summed E-state index contributed by atoms with van der Waals surface area (Å²) in [4.78, 5) is 0. The Morgan fingerprint density at radius 3 is 2.43 bits per heavy atom. The second-order valence-corrected chi connectivity index (χ2v) is 9.26. The molecule has 0 radical (unpaired) electrons. The predicted octanol–water partition coefficient (Wildman–Crippen LogP) is 3.73. The van der Waals surface area contributed by atoms with Gasteiger partial charge in [-0.25, -0.2) is 8.42 Å². The molecule has 1 unspecified atom stereocenters. The van der Waals surface area contributed by atoms with Gasteiger partial charge in [0, 0.05) is 22.3 Å². The molecule has 0 spiro atoms. The van der Waals surface area contributed by atoms with Crippen LogP contribution in [-0.2, 0) is 16.3 Å². The van der Waals surface area contributed by atoms with Gasteiger partial charge in [-0.05, 0) is 57.0 Å². The van der Waals surface area contributed by atoms with Crippen LogP contribution in [0, 0.1) is 0 Å². The van der Waals surface area contributed by atoms with Crippen molar-refractivity contribution in [1.82, 2.24) is 5.32 Å². The van der Waals surface area contributed by atoms with Crippen molar-refractivity contribution in [3.05, 3.63) is 33.8 Å². The van der Waals surface area contributed by atoms with Crippen molar-refractivity contribution < 1.29 is 8.42 Å². The molecule has 6 heteroatoms. The molecule has 0 heterocycles. The largest absolute Gasteiger partial charge is 0.312 e. The van der Waals surface area contributed by atoms with E-state index in [-0.39, 0.29) is 6.04 Å². The number of hydrogen-bond acceptors (Lipinski definition) is 3. The van der Waals surface area contributed by atoms with Crippen LogP contribution in [0.2, 0.25) is 10.0 Å². The van der Waals surface area contributed by atoms with E-state index in [4.69, 9.17) is 23.2 Å². The van der Waals surface area contributed by atoms with Crippen molar-refractivity contribution in [1.29, 1.82) is 0 Å². The highest BCUT2D eigenvalue weighted by atomic mass is 35.5. The summed E-state index contributed by atoms with van der Waals surface area (Å²) in [6, 6.07) is 5.03. The van der Waals surface area contributed by atoms with E-state index < -0.39 is 14.6 Å². The average molecular weight is 352 g/mol. The summed E-state index contributed by atoms with van der Waals surface area (Å²) in [5, 5.41) is 4.53. The standard InChI is InChI=1S/C15H23Cl2NO2S/c1-5-8-18-14(15(2,3)21(4,19)20)10-11-9-12(16)6-7-13(11)17/h6-7,9,14,18H,5,8,10H2,1-4H3. The molecule has 0 saturated heterocycles. The van der Waals surface area contributed by atoms with Crippen LogP contribution in [0.15, 0.2) is 18.2 Å². The van der Waals surface area contributed by atoms with E-state index in [9.17, 15) is 8.42 Å². The Balaban J connectivity index is 3.12. The monoisotopic (exact) mass is 351 g/mol. The summed E-state index contributed by atoms with van der Waals surface area (Å²) in [5.41, 5.74) is 0.856. The molecule has 3 nitrogen and oxygen atoms in total. The maximum absolute atomic E-state index is 12.1. The Bertz CT molecular complexity index is 585. The molecular formula is C15H23Cl2NO2S. The normalized spacial score (nSPS) is 14.2. The highest BCUT2D eigenvalue weighted by molar-refractivity contribution is 7.92. The van der Waals surface area contributed by atoms with E-state index >= 15 is 0 Å². The summed E-state index contributed by atoms with van der Waals surface area (Å²) in [6.07, 6.45) is 2.71. The molecule has 21 heavy (non-hydrogen) atoms. The van der Waals surface area contributed by atoms with Crippen LogP contribution in [0.4, 0.5) is 0 Å². The third-order valence-corrected chi connectivity index (χ3v) is 6.67. The SMILES string of the molecule is CCCNC(Cc1cc(Cl)ccc1Cl)C(C)(C)S(C)(=O)=O. The second-order valence-electron chi connectivity index (χ2n) is 5.82. The van der Waals surface area contributed by atoms with Crippen LogP contribution in [0.3, 0.4) is 0 Å². The van der Waals surface area contributed by atoms with E-state index in [1.54, 1.807) is 32.0 Å². The predicted molar refractivity (Wildman–Crippen MR) is 91.2 cm³/mol. The third-order valence-electron chi connectivity index (χ3n) is 3.87. The zero-order chi connectivity index (χ0) is 16.3. The lowest BCUT2D eigenvalue weighted by Gasteiger charge is -2.34. The number of hydrogen-bond donors (Lipinski definition) is 1. The number of nitrogens with one attached hydrogen (secondary N) is 1. The summed E-state index contributed by atoms with van der Waals surface area (Å²) in [5.74, 6) is 0. The van der Waals surface area contributed by atoms with Gasteiger partial charge in [-0.15, -0.1) is 0 Å². The van der Waals surface area contributed by atoms with Crippen LogP contribution in [0.1, 0.15) is 32.8 Å². The Morgan fingerprint density at radius 2 is 1.90 bits per heavy atom. The highest BCUT2D eigenvalue weighted by Crippen LogP contribution is 2.27. The number of rotatable bonds is 7. The molecule has 1 N–H and O–H groups in total. The second kappa shape index (κ2) is 7.32. The van der Waals surface area contributed by atoms with E-state index in [0.29, 0.717) is 16.5 Å². The smallest absolute Gasteiger partial charge is 0.154 e. The fourth-order valence-corrected chi connectivity index (χ4v) is 3.13. The Kier molecular flexibility index (Phi) is 6.54. The minimum atomic E-state index is -3.21. The van der Waals surface area contributed by atoms with Crippen molar-refractivity contribution in [2.45, 2.75) is 44.4 Å². The summed E-state index contributed by atoms with van der Waals surface area (Å²) in [6.45, 7) is 6.29. The molecule has 1 atom stereocenters. The molecule has 0 fully saturated rings. The molecule has 0 bridgehead atoms. The zero-order valence-corrected chi connectivity index (χ0v) is 15.2. The van der Waals surface area contributed by atoms with Gasteiger partial charge in [0.15, 0.2) is 9.84 Å². The first-order valence-electron chi connectivity index (χ1n) is 6.96. The lowest BCUT2D eigenvalue weighted by molar-refractivity contribution is 0.406. The van der Waals surface area contributed by atoms with Crippen LogP contribution in [0.5, 0.6) is 0 Å². The first kappa shape index (κ1) is 18.8. The van der Waals surface area contributed by atoms with Gasteiger partial charge in [-0.1, -0.05) is 30.1 Å². The van der Waals surface area contributed by atoms with Gasteiger partial charge in [0.1, 0.15) is 0 Å². The summed E-state index contributed by atoms with van der Waals surface area (Å²) >= 11 is 12.2. The van der Waals surface area contributed by atoms with Gasteiger partial charge < -0.3 is 5.32 Å². The molecule has 0 aliphatic carbocycles. The lowest BCUT2D eigenvalue weighted by Crippen LogP contribution is -2.52. The molecule has 1 aromatic carbocycles. The molecule has 0 aliphatic rings. The fraction of sp³-hybridized carbons (Fsp3) is 0.600. The van der Waals surface area contributed by atoms with Crippen molar-refractivity contribution in [3.8, 4) is 0 Å². The first-order chi connectivity index (χ1) is 9.59. The van der Waals surface area contributed by atoms with Crippen molar-refractivity contribution >= 4 is 33.0 Å². The van der Waals surface area contributed by atoms with Crippen LogP contribution >= 0.6 is 23.2 Å².